The first kappa shape index (κ1) is 26.4. The minimum atomic E-state index is -0.0932. The Balaban J connectivity index is 1.71. The van der Waals surface area contributed by atoms with Crippen molar-refractivity contribution in [3.63, 3.8) is 0 Å². The van der Waals surface area contributed by atoms with Crippen LogP contribution in [0.15, 0.2) is 24.3 Å². The summed E-state index contributed by atoms with van der Waals surface area (Å²) in [5, 5.41) is 0. The van der Waals surface area contributed by atoms with Crippen molar-refractivity contribution >= 4 is 17.3 Å². The number of hydrogen-bond acceptors (Lipinski definition) is 4. The first-order valence-electron chi connectivity index (χ1n) is 13.0. The van der Waals surface area contributed by atoms with E-state index >= 15 is 0 Å². The summed E-state index contributed by atoms with van der Waals surface area (Å²) in [4.78, 5) is 13.9. The Kier molecular flexibility index (Phi) is 10.1. The molecular formula is C30H40O3S. The van der Waals surface area contributed by atoms with Crippen LogP contribution < -0.4 is 4.74 Å². The fourth-order valence-electron chi connectivity index (χ4n) is 4.40. The van der Waals surface area contributed by atoms with E-state index in [2.05, 4.69) is 56.9 Å². The molecule has 1 aromatic heterocycles. The lowest BCUT2D eigenvalue weighted by Gasteiger charge is -2.33. The lowest BCUT2D eigenvalue weighted by molar-refractivity contribution is -0.143. The monoisotopic (exact) mass is 480 g/mol. The molecule has 2 aromatic rings. The van der Waals surface area contributed by atoms with E-state index in [1.165, 1.54) is 41.7 Å². The molecule has 0 radical (unpaired) electrons. The van der Waals surface area contributed by atoms with Crippen LogP contribution in [0.5, 0.6) is 5.75 Å². The predicted molar refractivity (Wildman–Crippen MR) is 142 cm³/mol. The highest BCUT2D eigenvalue weighted by Crippen LogP contribution is 2.40. The molecule has 4 heteroatoms. The Morgan fingerprint density at radius 3 is 2.68 bits per heavy atom. The third-order valence-electron chi connectivity index (χ3n) is 6.56. The summed E-state index contributed by atoms with van der Waals surface area (Å²) in [6.45, 7) is 9.96. The Hall–Kier alpha value is -2.25. The molecule has 0 atom stereocenters. The molecule has 34 heavy (non-hydrogen) atoms. The number of carbonyl (C=O) groups excluding carboxylic acids is 1. The molecule has 0 bridgehead atoms. The molecule has 0 unspecified atom stereocenters. The van der Waals surface area contributed by atoms with Gasteiger partial charge >= 0.3 is 5.97 Å². The summed E-state index contributed by atoms with van der Waals surface area (Å²) in [5.41, 5.74) is 3.87. The van der Waals surface area contributed by atoms with Crippen molar-refractivity contribution in [2.75, 3.05) is 13.2 Å². The normalized spacial score (nSPS) is 14.0. The van der Waals surface area contributed by atoms with Crippen molar-refractivity contribution in [3.05, 3.63) is 50.7 Å². The number of hydrogen-bond donors (Lipinski definition) is 0. The predicted octanol–water partition coefficient (Wildman–Crippen LogP) is 7.61. The fraction of sp³-hybridized carbons (Fsp3) is 0.567. The van der Waals surface area contributed by atoms with Crippen LogP contribution in [0.2, 0.25) is 0 Å². The summed E-state index contributed by atoms with van der Waals surface area (Å²) in [6, 6.07) is 8.86. The van der Waals surface area contributed by atoms with Gasteiger partial charge in [-0.25, -0.2) is 0 Å². The van der Waals surface area contributed by atoms with Crippen molar-refractivity contribution in [1.82, 2.24) is 0 Å². The minimum Gasteiger partial charge on any atom is -0.493 e. The van der Waals surface area contributed by atoms with Gasteiger partial charge in [-0.05, 0) is 80.7 Å². The maximum absolute atomic E-state index is 11.5. The van der Waals surface area contributed by atoms with Crippen molar-refractivity contribution in [1.29, 1.82) is 0 Å². The Morgan fingerprint density at radius 1 is 1.06 bits per heavy atom. The van der Waals surface area contributed by atoms with Gasteiger partial charge in [-0.15, -0.1) is 11.3 Å². The van der Waals surface area contributed by atoms with E-state index in [-0.39, 0.29) is 11.4 Å². The zero-order valence-electron chi connectivity index (χ0n) is 21.4. The van der Waals surface area contributed by atoms with Crippen LogP contribution in [0.3, 0.4) is 0 Å². The number of carbonyl (C=O) groups is 1. The van der Waals surface area contributed by atoms with Crippen LogP contribution in [0.1, 0.15) is 106 Å². The second-order valence-electron chi connectivity index (χ2n) is 9.83. The summed E-state index contributed by atoms with van der Waals surface area (Å²) < 4.78 is 11.1. The molecule has 1 aliphatic heterocycles. The van der Waals surface area contributed by atoms with E-state index in [0.29, 0.717) is 13.0 Å². The highest BCUT2D eigenvalue weighted by atomic mass is 32.1. The Labute approximate surface area is 210 Å². The van der Waals surface area contributed by atoms with Gasteiger partial charge in [-0.1, -0.05) is 51.9 Å². The second-order valence-corrected chi connectivity index (χ2v) is 11.0. The SMILES string of the molecule is CCCCCCc1cc2c(cc1C#Cc1ccc(CCCCC(=O)OCC)s1)C(C)(C)CCO2. The van der Waals surface area contributed by atoms with Crippen LogP contribution in [0.4, 0.5) is 0 Å². The van der Waals surface area contributed by atoms with Crippen LogP contribution in [-0.2, 0) is 27.8 Å². The number of thiophene rings is 1. The first-order chi connectivity index (χ1) is 16.4. The largest absolute Gasteiger partial charge is 0.493 e. The van der Waals surface area contributed by atoms with E-state index in [1.54, 1.807) is 11.3 Å². The average molecular weight is 481 g/mol. The van der Waals surface area contributed by atoms with Crippen LogP contribution in [0.25, 0.3) is 0 Å². The standard InChI is InChI=1S/C30H40O3S/c1-5-7-8-9-12-23-22-28-27(30(3,4)19-20-33-28)21-24(23)15-16-26-18-17-25(34-26)13-10-11-14-29(31)32-6-2/h17-18,21-22H,5-14,19-20H2,1-4H3. The van der Waals surface area contributed by atoms with Gasteiger partial charge in [-0.2, -0.15) is 0 Å². The van der Waals surface area contributed by atoms with Gasteiger partial charge in [0.05, 0.1) is 18.1 Å². The molecule has 1 aliphatic rings. The quantitative estimate of drug-likeness (QED) is 0.189. The molecule has 0 saturated carbocycles. The van der Waals surface area contributed by atoms with Crippen molar-refractivity contribution < 1.29 is 14.3 Å². The van der Waals surface area contributed by atoms with E-state index in [0.717, 1.165) is 54.9 Å². The molecule has 0 aliphatic carbocycles. The number of ether oxygens (including phenoxy) is 2. The molecule has 184 valence electrons. The summed E-state index contributed by atoms with van der Waals surface area (Å²) in [6.07, 6.45) is 10.4. The van der Waals surface area contributed by atoms with Crippen LogP contribution in [-0.4, -0.2) is 19.2 Å². The molecule has 0 N–H and O–H groups in total. The number of fused-ring (bicyclic) bond motifs is 1. The van der Waals surface area contributed by atoms with Crippen LogP contribution in [0, 0.1) is 11.8 Å². The lowest BCUT2D eigenvalue weighted by Crippen LogP contribution is -2.27. The third kappa shape index (κ3) is 7.64. The van der Waals surface area contributed by atoms with Gasteiger partial charge < -0.3 is 9.47 Å². The van der Waals surface area contributed by atoms with Gasteiger partial charge in [0.15, 0.2) is 0 Å². The van der Waals surface area contributed by atoms with Crippen molar-refractivity contribution in [2.45, 2.75) is 97.3 Å². The second kappa shape index (κ2) is 13.0. The minimum absolute atomic E-state index is 0.0932. The smallest absolute Gasteiger partial charge is 0.305 e. The number of benzene rings is 1. The van der Waals surface area contributed by atoms with Gasteiger partial charge in [0.25, 0.3) is 0 Å². The number of unbranched alkanes of at least 4 members (excludes halogenated alkanes) is 4. The first-order valence-corrected chi connectivity index (χ1v) is 13.8. The van der Waals surface area contributed by atoms with E-state index in [1.807, 2.05) is 6.92 Å². The molecule has 3 nitrogen and oxygen atoms in total. The molecular weight excluding hydrogens is 440 g/mol. The highest BCUT2D eigenvalue weighted by Gasteiger charge is 2.29. The molecule has 0 spiro atoms. The third-order valence-corrected chi connectivity index (χ3v) is 7.62. The summed E-state index contributed by atoms with van der Waals surface area (Å²) in [5.74, 6) is 7.90. The molecule has 3 rings (SSSR count). The van der Waals surface area contributed by atoms with E-state index in [4.69, 9.17) is 9.47 Å². The van der Waals surface area contributed by atoms with Gasteiger partial charge in [-0.3, -0.25) is 4.79 Å². The van der Waals surface area contributed by atoms with Crippen LogP contribution >= 0.6 is 11.3 Å². The van der Waals surface area contributed by atoms with Gasteiger partial charge in [0.2, 0.25) is 0 Å². The maximum atomic E-state index is 11.5. The fourth-order valence-corrected chi connectivity index (χ4v) is 5.30. The molecule has 0 saturated heterocycles. The topological polar surface area (TPSA) is 35.5 Å². The molecule has 2 heterocycles. The zero-order valence-corrected chi connectivity index (χ0v) is 22.2. The Morgan fingerprint density at radius 2 is 1.88 bits per heavy atom. The van der Waals surface area contributed by atoms with Crippen molar-refractivity contribution in [3.8, 4) is 17.6 Å². The molecule has 0 amide bonds. The Bertz CT molecular complexity index is 1010. The average Bonchev–Trinajstić information content (AvgIpc) is 3.26. The van der Waals surface area contributed by atoms with Gasteiger partial charge in [0, 0.05) is 22.4 Å². The summed E-state index contributed by atoms with van der Waals surface area (Å²) >= 11 is 1.77. The number of rotatable bonds is 11. The van der Waals surface area contributed by atoms with E-state index in [9.17, 15) is 4.79 Å². The number of esters is 1. The maximum Gasteiger partial charge on any atom is 0.305 e. The zero-order chi connectivity index (χ0) is 24.4. The lowest BCUT2D eigenvalue weighted by atomic mass is 9.78. The summed E-state index contributed by atoms with van der Waals surface area (Å²) in [7, 11) is 0. The van der Waals surface area contributed by atoms with E-state index < -0.39 is 0 Å². The number of aryl methyl sites for hydroxylation is 2. The molecule has 1 aromatic carbocycles. The van der Waals surface area contributed by atoms with Gasteiger partial charge in [0.1, 0.15) is 5.75 Å². The highest BCUT2D eigenvalue weighted by molar-refractivity contribution is 7.12. The molecule has 0 fully saturated rings. The van der Waals surface area contributed by atoms with Crippen molar-refractivity contribution in [2.24, 2.45) is 0 Å².